The van der Waals surface area contributed by atoms with Crippen LogP contribution in [0.4, 0.5) is 0 Å². The summed E-state index contributed by atoms with van der Waals surface area (Å²) in [5.41, 5.74) is 5.44. The van der Waals surface area contributed by atoms with E-state index in [-0.39, 0.29) is 0 Å². The van der Waals surface area contributed by atoms with Crippen molar-refractivity contribution in [1.29, 1.82) is 0 Å². The molecule has 0 aromatic heterocycles. The highest BCUT2D eigenvalue weighted by Crippen LogP contribution is 2.24. The van der Waals surface area contributed by atoms with E-state index in [1.807, 2.05) is 0 Å². The van der Waals surface area contributed by atoms with Gasteiger partial charge in [-0.05, 0) is 54.6 Å². The highest BCUT2D eigenvalue weighted by atomic mass is 79.9. The molecule has 2 aromatic carbocycles. The molecule has 112 valence electrons. The summed E-state index contributed by atoms with van der Waals surface area (Å²) in [5.74, 6) is 0. The molecule has 0 aliphatic rings. The molecule has 0 aliphatic heterocycles. The topological polar surface area (TPSA) is 12.0 Å². The third kappa shape index (κ3) is 4.42. The number of aryl methyl sites for hydroxylation is 2. The summed E-state index contributed by atoms with van der Waals surface area (Å²) in [6.07, 6.45) is 2.13. The van der Waals surface area contributed by atoms with Crippen molar-refractivity contribution in [2.75, 3.05) is 6.54 Å². The Labute approximate surface area is 136 Å². The Kier molecular flexibility index (Phi) is 6.01. The fraction of sp³-hybridized carbons (Fsp3) is 0.368. The average molecular weight is 346 g/mol. The average Bonchev–Trinajstić information content (AvgIpc) is 2.50. The van der Waals surface area contributed by atoms with Crippen molar-refractivity contribution >= 4 is 15.9 Å². The van der Waals surface area contributed by atoms with Gasteiger partial charge in [-0.1, -0.05) is 66.2 Å². The first-order valence-corrected chi connectivity index (χ1v) is 8.50. The quantitative estimate of drug-likeness (QED) is 0.757. The number of likely N-dealkylation sites (N-methyl/N-ethyl adjacent to an activating group) is 1. The predicted molar refractivity (Wildman–Crippen MR) is 94.8 cm³/mol. The van der Waals surface area contributed by atoms with Gasteiger partial charge in [0.25, 0.3) is 0 Å². The van der Waals surface area contributed by atoms with Crippen LogP contribution in [0.25, 0.3) is 0 Å². The first-order chi connectivity index (χ1) is 10.1. The molecular formula is C19H24BrN. The van der Waals surface area contributed by atoms with Gasteiger partial charge >= 0.3 is 0 Å². The van der Waals surface area contributed by atoms with Gasteiger partial charge in [0.1, 0.15) is 0 Å². The van der Waals surface area contributed by atoms with Crippen molar-refractivity contribution in [3.8, 4) is 0 Å². The summed E-state index contributed by atoms with van der Waals surface area (Å²) < 4.78 is 1.17. The first-order valence-electron chi connectivity index (χ1n) is 7.71. The third-order valence-corrected chi connectivity index (χ3v) is 4.80. The van der Waals surface area contributed by atoms with E-state index in [0.29, 0.717) is 6.04 Å². The summed E-state index contributed by atoms with van der Waals surface area (Å²) >= 11 is 3.58. The number of rotatable bonds is 6. The SMILES string of the molecule is CCNC(Cc1ccc(CC)cc1)c1ccc(Br)c(C)c1. The minimum Gasteiger partial charge on any atom is -0.310 e. The lowest BCUT2D eigenvalue weighted by Crippen LogP contribution is -2.23. The predicted octanol–water partition coefficient (Wildman–Crippen LogP) is 5.21. The van der Waals surface area contributed by atoms with E-state index in [1.165, 1.54) is 26.7 Å². The van der Waals surface area contributed by atoms with Crippen molar-refractivity contribution in [2.45, 2.75) is 39.7 Å². The first kappa shape index (κ1) is 16.3. The molecular weight excluding hydrogens is 322 g/mol. The zero-order valence-electron chi connectivity index (χ0n) is 13.1. The number of halogens is 1. The smallest absolute Gasteiger partial charge is 0.0360 e. The minimum atomic E-state index is 0.370. The molecule has 0 fully saturated rings. The summed E-state index contributed by atoms with van der Waals surface area (Å²) in [4.78, 5) is 0. The number of benzene rings is 2. The Bertz CT molecular complexity index is 575. The number of hydrogen-bond acceptors (Lipinski definition) is 1. The van der Waals surface area contributed by atoms with E-state index in [1.54, 1.807) is 0 Å². The van der Waals surface area contributed by atoms with Crippen LogP contribution in [0.1, 0.15) is 42.1 Å². The summed E-state index contributed by atoms with van der Waals surface area (Å²) in [5, 5.41) is 3.61. The second-order valence-electron chi connectivity index (χ2n) is 5.49. The molecule has 1 N–H and O–H groups in total. The van der Waals surface area contributed by atoms with Gasteiger partial charge in [0.05, 0.1) is 0 Å². The largest absolute Gasteiger partial charge is 0.310 e. The monoisotopic (exact) mass is 345 g/mol. The fourth-order valence-corrected chi connectivity index (χ4v) is 2.83. The Morgan fingerprint density at radius 2 is 1.67 bits per heavy atom. The van der Waals surface area contributed by atoms with Gasteiger partial charge in [0.15, 0.2) is 0 Å². The van der Waals surface area contributed by atoms with Crippen molar-refractivity contribution in [3.05, 3.63) is 69.2 Å². The molecule has 0 amide bonds. The number of hydrogen-bond donors (Lipinski definition) is 1. The maximum atomic E-state index is 3.61. The van der Waals surface area contributed by atoms with Crippen LogP contribution in [0, 0.1) is 6.92 Å². The van der Waals surface area contributed by atoms with E-state index in [0.717, 1.165) is 19.4 Å². The molecule has 0 radical (unpaired) electrons. The molecule has 0 saturated heterocycles. The third-order valence-electron chi connectivity index (χ3n) is 3.91. The fourth-order valence-electron chi connectivity index (χ4n) is 2.59. The Balaban J connectivity index is 2.19. The van der Waals surface area contributed by atoms with Gasteiger partial charge in [0.2, 0.25) is 0 Å². The molecule has 0 spiro atoms. The molecule has 1 atom stereocenters. The van der Waals surface area contributed by atoms with Crippen molar-refractivity contribution in [1.82, 2.24) is 5.32 Å². The Morgan fingerprint density at radius 1 is 1.00 bits per heavy atom. The Hall–Kier alpha value is -1.12. The molecule has 0 aliphatic carbocycles. The van der Waals surface area contributed by atoms with Crippen LogP contribution < -0.4 is 5.32 Å². The Morgan fingerprint density at radius 3 is 2.24 bits per heavy atom. The summed E-state index contributed by atoms with van der Waals surface area (Å²) in [7, 11) is 0. The van der Waals surface area contributed by atoms with Crippen LogP contribution in [0.5, 0.6) is 0 Å². The molecule has 2 heteroatoms. The molecule has 1 nitrogen and oxygen atoms in total. The van der Waals surface area contributed by atoms with Crippen molar-refractivity contribution in [2.24, 2.45) is 0 Å². The molecule has 0 heterocycles. The zero-order valence-corrected chi connectivity index (χ0v) is 14.7. The maximum Gasteiger partial charge on any atom is 0.0360 e. The van der Waals surface area contributed by atoms with Crippen LogP contribution >= 0.6 is 15.9 Å². The van der Waals surface area contributed by atoms with Crippen LogP contribution in [-0.4, -0.2) is 6.54 Å². The highest BCUT2D eigenvalue weighted by molar-refractivity contribution is 9.10. The number of nitrogens with one attached hydrogen (secondary N) is 1. The summed E-state index contributed by atoms with van der Waals surface area (Å²) in [6.45, 7) is 7.49. The van der Waals surface area contributed by atoms with Gasteiger partial charge in [-0.15, -0.1) is 0 Å². The van der Waals surface area contributed by atoms with Crippen LogP contribution in [-0.2, 0) is 12.8 Å². The summed E-state index contributed by atoms with van der Waals surface area (Å²) in [6, 6.07) is 16.0. The van der Waals surface area contributed by atoms with Gasteiger partial charge in [-0.3, -0.25) is 0 Å². The minimum absolute atomic E-state index is 0.370. The van der Waals surface area contributed by atoms with Gasteiger partial charge in [-0.2, -0.15) is 0 Å². The highest BCUT2D eigenvalue weighted by Gasteiger charge is 2.12. The molecule has 1 unspecified atom stereocenters. The molecule has 0 saturated carbocycles. The van der Waals surface area contributed by atoms with E-state index in [4.69, 9.17) is 0 Å². The lowest BCUT2D eigenvalue weighted by Gasteiger charge is -2.19. The second kappa shape index (κ2) is 7.77. The molecule has 21 heavy (non-hydrogen) atoms. The molecule has 2 aromatic rings. The van der Waals surface area contributed by atoms with E-state index in [9.17, 15) is 0 Å². The van der Waals surface area contributed by atoms with Gasteiger partial charge in [-0.25, -0.2) is 0 Å². The van der Waals surface area contributed by atoms with E-state index < -0.39 is 0 Å². The lowest BCUT2D eigenvalue weighted by atomic mass is 9.96. The lowest BCUT2D eigenvalue weighted by molar-refractivity contribution is 0.549. The zero-order chi connectivity index (χ0) is 15.2. The second-order valence-corrected chi connectivity index (χ2v) is 6.35. The van der Waals surface area contributed by atoms with Crippen molar-refractivity contribution < 1.29 is 0 Å². The molecule has 2 rings (SSSR count). The maximum absolute atomic E-state index is 3.61. The van der Waals surface area contributed by atoms with Crippen LogP contribution in [0.15, 0.2) is 46.9 Å². The van der Waals surface area contributed by atoms with Crippen LogP contribution in [0.3, 0.4) is 0 Å². The van der Waals surface area contributed by atoms with Gasteiger partial charge in [0, 0.05) is 10.5 Å². The van der Waals surface area contributed by atoms with Gasteiger partial charge < -0.3 is 5.32 Å². The molecule has 0 bridgehead atoms. The van der Waals surface area contributed by atoms with E-state index >= 15 is 0 Å². The van der Waals surface area contributed by atoms with E-state index in [2.05, 4.69) is 84.5 Å². The van der Waals surface area contributed by atoms with Crippen molar-refractivity contribution in [3.63, 3.8) is 0 Å². The normalized spacial score (nSPS) is 12.4. The standard InChI is InChI=1S/C19H24BrN/c1-4-15-6-8-16(9-7-15)13-19(21-5-2)17-10-11-18(20)14(3)12-17/h6-12,19,21H,4-5,13H2,1-3H3. The van der Waals surface area contributed by atoms with Crippen LogP contribution in [0.2, 0.25) is 0 Å².